The fraction of sp³-hybridized carbons (Fsp3) is 0.286. The van der Waals surface area contributed by atoms with Crippen molar-refractivity contribution in [2.45, 2.75) is 39.0 Å². The molecule has 8 nitrogen and oxygen atoms in total. The molecule has 1 aliphatic rings. The Bertz CT molecular complexity index is 1410. The fourth-order valence-electron chi connectivity index (χ4n) is 4.60. The topological polar surface area (TPSA) is 91.5 Å². The number of halogens is 3. The first-order chi connectivity index (χ1) is 18.7. The zero-order valence-electron chi connectivity index (χ0n) is 21.4. The third kappa shape index (κ3) is 5.80. The maximum Gasteiger partial charge on any atom is 0.416 e. The molecule has 0 fully saturated rings. The molecule has 202 valence electrons. The summed E-state index contributed by atoms with van der Waals surface area (Å²) in [6.45, 7) is 3.92. The largest absolute Gasteiger partial charge is 0.463 e. The Labute approximate surface area is 223 Å². The summed E-state index contributed by atoms with van der Waals surface area (Å²) < 4.78 is 47.8. The number of aryl methyl sites for hydroxylation is 1. The van der Waals surface area contributed by atoms with Crippen molar-refractivity contribution in [3.63, 3.8) is 0 Å². The van der Waals surface area contributed by atoms with Crippen LogP contribution in [0.4, 0.5) is 23.7 Å². The first-order valence-electron chi connectivity index (χ1n) is 12.3. The monoisotopic (exact) mass is 537 g/mol. The van der Waals surface area contributed by atoms with Crippen LogP contribution in [0.15, 0.2) is 78.5 Å². The number of rotatable bonds is 8. The van der Waals surface area contributed by atoms with E-state index in [-0.39, 0.29) is 30.1 Å². The molecule has 0 N–H and O–H groups in total. The zero-order valence-corrected chi connectivity index (χ0v) is 21.4. The van der Waals surface area contributed by atoms with E-state index in [0.717, 1.165) is 17.0 Å². The molecule has 1 aromatic heterocycles. The average Bonchev–Trinajstić information content (AvgIpc) is 3.43. The number of amides is 2. The van der Waals surface area contributed by atoms with Gasteiger partial charge in [-0.05, 0) is 56.2 Å². The average molecular weight is 538 g/mol. The van der Waals surface area contributed by atoms with E-state index in [4.69, 9.17) is 4.74 Å². The summed E-state index contributed by atoms with van der Waals surface area (Å²) in [5.41, 5.74) is 0.318. The van der Waals surface area contributed by atoms with Crippen molar-refractivity contribution in [1.82, 2.24) is 14.5 Å². The number of imidazole rings is 1. The summed E-state index contributed by atoms with van der Waals surface area (Å²) in [4.78, 5) is 34.0. The smallest absolute Gasteiger partial charge is 0.416 e. The number of aromatic nitrogens is 2. The van der Waals surface area contributed by atoms with E-state index in [1.807, 2.05) is 10.6 Å². The molecule has 0 unspecified atom stereocenters. The highest BCUT2D eigenvalue weighted by molar-refractivity contribution is 6.03. The van der Waals surface area contributed by atoms with Crippen LogP contribution in [0.3, 0.4) is 0 Å². The molecule has 0 spiro atoms. The Hall–Kier alpha value is -4.59. The van der Waals surface area contributed by atoms with Crippen LogP contribution in [0.1, 0.15) is 43.0 Å². The van der Waals surface area contributed by atoms with E-state index >= 15 is 0 Å². The standard InChI is InChI=1S/C28H26F3N5O3/c1-3-39-26(37)24-19(2)36(23-7-4-6-22(16-23)28(29,30)31)27(38)35(14-5-13-34-15-12-33-18-34)25(24)21-10-8-20(17-32)9-11-21/h4,6-12,15-16,18,25H,3,5,13-14H2,1-2H3/t25-/m1/s1. The number of esters is 1. The van der Waals surface area contributed by atoms with Gasteiger partial charge in [-0.1, -0.05) is 18.2 Å². The first kappa shape index (κ1) is 27.4. The number of benzene rings is 2. The Kier molecular flexibility index (Phi) is 8.04. The maximum atomic E-state index is 14.0. The van der Waals surface area contributed by atoms with Crippen LogP contribution < -0.4 is 4.90 Å². The van der Waals surface area contributed by atoms with E-state index in [9.17, 15) is 28.0 Å². The molecule has 0 bridgehead atoms. The van der Waals surface area contributed by atoms with Gasteiger partial charge in [0.1, 0.15) is 0 Å². The maximum absolute atomic E-state index is 14.0. The van der Waals surface area contributed by atoms with Gasteiger partial charge in [0.2, 0.25) is 0 Å². The lowest BCUT2D eigenvalue weighted by atomic mass is 9.92. The normalized spacial score (nSPS) is 15.9. The molecule has 2 amide bonds. The molecule has 0 saturated heterocycles. The summed E-state index contributed by atoms with van der Waals surface area (Å²) in [7, 11) is 0. The molecule has 1 aliphatic heterocycles. The van der Waals surface area contributed by atoms with E-state index in [2.05, 4.69) is 4.98 Å². The quantitative estimate of drug-likeness (QED) is 0.345. The number of anilines is 1. The predicted molar refractivity (Wildman–Crippen MR) is 136 cm³/mol. The molecule has 4 rings (SSSR count). The third-order valence-electron chi connectivity index (χ3n) is 6.40. The summed E-state index contributed by atoms with van der Waals surface area (Å²) >= 11 is 0. The van der Waals surface area contributed by atoms with Crippen molar-refractivity contribution >= 4 is 17.7 Å². The van der Waals surface area contributed by atoms with Crippen LogP contribution in [-0.4, -0.2) is 39.6 Å². The predicted octanol–water partition coefficient (Wildman–Crippen LogP) is 5.68. The Morgan fingerprint density at radius 3 is 2.51 bits per heavy atom. The molecular formula is C28H26F3N5O3. The molecule has 0 saturated carbocycles. The number of carbonyl (C=O) groups is 2. The van der Waals surface area contributed by atoms with Crippen LogP contribution >= 0.6 is 0 Å². The van der Waals surface area contributed by atoms with Crippen molar-refractivity contribution in [1.29, 1.82) is 5.26 Å². The van der Waals surface area contributed by atoms with Gasteiger partial charge in [0.15, 0.2) is 0 Å². The van der Waals surface area contributed by atoms with Gasteiger partial charge in [0.05, 0.1) is 47.4 Å². The second-order valence-corrected chi connectivity index (χ2v) is 8.87. The molecule has 3 aromatic rings. The Morgan fingerprint density at radius 1 is 1.15 bits per heavy atom. The van der Waals surface area contributed by atoms with Gasteiger partial charge in [0, 0.05) is 31.2 Å². The minimum Gasteiger partial charge on any atom is -0.463 e. The number of ether oxygens (including phenoxy) is 1. The lowest BCUT2D eigenvalue weighted by Gasteiger charge is -2.43. The molecule has 2 aromatic carbocycles. The zero-order chi connectivity index (χ0) is 28.2. The number of alkyl halides is 3. The van der Waals surface area contributed by atoms with Gasteiger partial charge < -0.3 is 14.2 Å². The van der Waals surface area contributed by atoms with Gasteiger partial charge in [0.25, 0.3) is 0 Å². The fourth-order valence-corrected chi connectivity index (χ4v) is 4.60. The number of nitriles is 1. The molecule has 2 heterocycles. The van der Waals surface area contributed by atoms with Crippen LogP contribution in [0.25, 0.3) is 0 Å². The van der Waals surface area contributed by atoms with E-state index in [1.165, 1.54) is 24.0 Å². The lowest BCUT2D eigenvalue weighted by molar-refractivity contribution is -0.139. The number of carbonyl (C=O) groups excluding carboxylic acids is 2. The first-order valence-corrected chi connectivity index (χ1v) is 12.3. The molecule has 0 radical (unpaired) electrons. The number of allylic oxidation sites excluding steroid dienone is 1. The third-order valence-corrected chi connectivity index (χ3v) is 6.40. The molecular weight excluding hydrogens is 511 g/mol. The number of urea groups is 1. The second-order valence-electron chi connectivity index (χ2n) is 8.87. The van der Waals surface area contributed by atoms with E-state index in [0.29, 0.717) is 24.1 Å². The minimum absolute atomic E-state index is 0.0213. The van der Waals surface area contributed by atoms with E-state index in [1.54, 1.807) is 49.9 Å². The molecule has 0 aliphatic carbocycles. The SMILES string of the molecule is CCOC(=O)C1=C(C)N(c2cccc(C(F)(F)F)c2)C(=O)N(CCCn2ccnc2)[C@@H]1c1ccc(C#N)cc1. The number of nitrogens with zero attached hydrogens (tertiary/aromatic N) is 5. The Morgan fingerprint density at radius 2 is 1.90 bits per heavy atom. The Balaban J connectivity index is 1.85. The molecule has 11 heteroatoms. The summed E-state index contributed by atoms with van der Waals surface area (Å²) in [6.07, 6.45) is 0.899. The summed E-state index contributed by atoms with van der Waals surface area (Å²) in [6, 6.07) is 11.5. The lowest BCUT2D eigenvalue weighted by Crippen LogP contribution is -2.51. The van der Waals surface area contributed by atoms with Crippen molar-refractivity contribution in [2.24, 2.45) is 0 Å². The summed E-state index contributed by atoms with van der Waals surface area (Å²) in [5, 5.41) is 9.24. The van der Waals surface area contributed by atoms with Gasteiger partial charge in [-0.15, -0.1) is 0 Å². The van der Waals surface area contributed by atoms with Crippen LogP contribution in [-0.2, 0) is 22.3 Å². The van der Waals surface area contributed by atoms with Gasteiger partial charge in [-0.3, -0.25) is 4.90 Å². The highest BCUT2D eigenvalue weighted by Gasteiger charge is 2.43. The number of hydrogen-bond donors (Lipinski definition) is 0. The molecule has 1 atom stereocenters. The van der Waals surface area contributed by atoms with Gasteiger partial charge in [-0.25, -0.2) is 14.6 Å². The van der Waals surface area contributed by atoms with Crippen LogP contribution in [0, 0.1) is 11.3 Å². The van der Waals surface area contributed by atoms with Crippen LogP contribution in [0.2, 0.25) is 0 Å². The van der Waals surface area contributed by atoms with Gasteiger partial charge in [-0.2, -0.15) is 18.4 Å². The highest BCUT2D eigenvalue weighted by Crippen LogP contribution is 2.41. The molecule has 39 heavy (non-hydrogen) atoms. The van der Waals surface area contributed by atoms with Crippen molar-refractivity contribution in [3.8, 4) is 6.07 Å². The minimum atomic E-state index is -4.62. The van der Waals surface area contributed by atoms with Crippen LogP contribution in [0.5, 0.6) is 0 Å². The van der Waals surface area contributed by atoms with E-state index < -0.39 is 29.8 Å². The van der Waals surface area contributed by atoms with Crippen molar-refractivity contribution in [3.05, 3.63) is 95.2 Å². The second kappa shape index (κ2) is 11.4. The highest BCUT2D eigenvalue weighted by atomic mass is 19.4. The van der Waals surface area contributed by atoms with Crippen molar-refractivity contribution < 1.29 is 27.5 Å². The number of hydrogen-bond acceptors (Lipinski definition) is 5. The van der Waals surface area contributed by atoms with Crippen molar-refractivity contribution in [2.75, 3.05) is 18.1 Å². The van der Waals surface area contributed by atoms with Gasteiger partial charge >= 0.3 is 18.2 Å². The summed E-state index contributed by atoms with van der Waals surface area (Å²) in [5.74, 6) is -0.687.